The van der Waals surface area contributed by atoms with Gasteiger partial charge in [0.2, 0.25) is 0 Å². The number of ether oxygens (including phenoxy) is 1. The van der Waals surface area contributed by atoms with Crippen LogP contribution in [0.2, 0.25) is 0 Å². The Hall–Kier alpha value is -2.54. The highest BCUT2D eigenvalue weighted by Gasteiger charge is 2.43. The average Bonchev–Trinajstić information content (AvgIpc) is 2.46. The van der Waals surface area contributed by atoms with Crippen molar-refractivity contribution in [3.63, 3.8) is 0 Å². The van der Waals surface area contributed by atoms with Crippen LogP contribution in [0.25, 0.3) is 4.85 Å². The van der Waals surface area contributed by atoms with Crippen LogP contribution in [0.4, 0.5) is 5.69 Å². The maximum Gasteiger partial charge on any atom is 0.305 e. The molecule has 1 aromatic carbocycles. The van der Waals surface area contributed by atoms with Gasteiger partial charge >= 0.3 is 5.66 Å². The number of hydrogen-bond acceptors (Lipinski definition) is 3. The molecule has 3 rings (SSSR count). The highest BCUT2D eigenvalue weighted by atomic mass is 16.5. The largest absolute Gasteiger partial charge is 0.456 e. The molecule has 1 aromatic heterocycles. The molecular weight excluding hydrogens is 250 g/mol. The van der Waals surface area contributed by atoms with Crippen LogP contribution in [0.1, 0.15) is 19.3 Å². The van der Waals surface area contributed by atoms with E-state index in [-0.39, 0.29) is 5.66 Å². The molecule has 1 heterocycles. The number of aromatic nitrogens is 1. The lowest BCUT2D eigenvalue weighted by Crippen LogP contribution is -2.41. The Kier molecular flexibility index (Phi) is 3.26. The van der Waals surface area contributed by atoms with E-state index < -0.39 is 0 Å². The fourth-order valence-electron chi connectivity index (χ4n) is 2.19. The summed E-state index contributed by atoms with van der Waals surface area (Å²) in [6.07, 6.45) is 6.35. The summed E-state index contributed by atoms with van der Waals surface area (Å²) in [5, 5.41) is 3.31. The normalized spacial score (nSPS) is 15.8. The number of pyridine rings is 1. The molecule has 20 heavy (non-hydrogen) atoms. The van der Waals surface area contributed by atoms with Crippen molar-refractivity contribution in [3.05, 3.63) is 60.2 Å². The molecule has 1 saturated carbocycles. The average molecular weight is 265 g/mol. The fourth-order valence-corrected chi connectivity index (χ4v) is 2.19. The van der Waals surface area contributed by atoms with Crippen molar-refractivity contribution in [2.75, 3.05) is 5.32 Å². The van der Waals surface area contributed by atoms with E-state index in [1.165, 1.54) is 0 Å². The smallest absolute Gasteiger partial charge is 0.305 e. The van der Waals surface area contributed by atoms with Crippen LogP contribution in [0.15, 0.2) is 48.8 Å². The molecule has 2 aromatic rings. The van der Waals surface area contributed by atoms with Crippen molar-refractivity contribution in [1.82, 2.24) is 4.98 Å². The first-order valence-corrected chi connectivity index (χ1v) is 6.64. The minimum absolute atomic E-state index is 0.383. The van der Waals surface area contributed by atoms with E-state index in [1.807, 2.05) is 36.4 Å². The molecule has 4 heteroatoms. The van der Waals surface area contributed by atoms with Crippen molar-refractivity contribution >= 4 is 5.69 Å². The zero-order valence-corrected chi connectivity index (χ0v) is 11.0. The summed E-state index contributed by atoms with van der Waals surface area (Å²) in [6.45, 7) is 7.28. The zero-order valence-electron chi connectivity index (χ0n) is 11.0. The molecule has 100 valence electrons. The molecule has 0 bridgehead atoms. The first kappa shape index (κ1) is 12.5. The lowest BCUT2D eigenvalue weighted by Gasteiger charge is -2.31. The van der Waals surface area contributed by atoms with Gasteiger partial charge in [-0.1, -0.05) is 0 Å². The molecule has 0 aliphatic heterocycles. The first-order valence-electron chi connectivity index (χ1n) is 6.64. The summed E-state index contributed by atoms with van der Waals surface area (Å²) in [5.74, 6) is 1.47. The van der Waals surface area contributed by atoms with Crippen LogP contribution in [-0.2, 0) is 0 Å². The number of hydrogen-bond donors (Lipinski definition) is 1. The molecule has 1 fully saturated rings. The van der Waals surface area contributed by atoms with Gasteiger partial charge in [0.25, 0.3) is 0 Å². The lowest BCUT2D eigenvalue weighted by molar-refractivity contribution is 0.343. The van der Waals surface area contributed by atoms with Crippen LogP contribution >= 0.6 is 0 Å². The van der Waals surface area contributed by atoms with Crippen molar-refractivity contribution in [3.8, 4) is 11.5 Å². The third-order valence-corrected chi connectivity index (χ3v) is 3.50. The van der Waals surface area contributed by atoms with Gasteiger partial charge in [-0.25, -0.2) is 6.57 Å². The Morgan fingerprint density at radius 2 is 1.95 bits per heavy atom. The highest BCUT2D eigenvalue weighted by molar-refractivity contribution is 5.50. The van der Waals surface area contributed by atoms with E-state index in [0.29, 0.717) is 5.75 Å². The van der Waals surface area contributed by atoms with E-state index in [9.17, 15) is 0 Å². The molecule has 0 unspecified atom stereocenters. The lowest BCUT2D eigenvalue weighted by atomic mass is 9.85. The summed E-state index contributed by atoms with van der Waals surface area (Å²) >= 11 is 0. The number of benzene rings is 1. The molecule has 0 atom stereocenters. The summed E-state index contributed by atoms with van der Waals surface area (Å²) < 4.78 is 5.68. The van der Waals surface area contributed by atoms with E-state index in [4.69, 9.17) is 11.3 Å². The van der Waals surface area contributed by atoms with Crippen molar-refractivity contribution < 1.29 is 4.74 Å². The molecule has 1 aliphatic rings. The molecule has 1 N–H and O–H groups in total. The van der Waals surface area contributed by atoms with Crippen LogP contribution < -0.4 is 10.1 Å². The van der Waals surface area contributed by atoms with Crippen molar-refractivity contribution in [1.29, 1.82) is 0 Å². The molecule has 0 spiro atoms. The van der Waals surface area contributed by atoms with Crippen molar-refractivity contribution in [2.45, 2.75) is 24.9 Å². The van der Waals surface area contributed by atoms with Gasteiger partial charge in [0, 0.05) is 24.7 Å². The van der Waals surface area contributed by atoms with Gasteiger partial charge in [-0.2, -0.15) is 0 Å². The van der Waals surface area contributed by atoms with E-state index in [2.05, 4.69) is 15.1 Å². The van der Waals surface area contributed by atoms with Gasteiger partial charge in [-0.05, 0) is 42.8 Å². The Morgan fingerprint density at radius 3 is 2.50 bits per heavy atom. The third kappa shape index (κ3) is 2.57. The summed E-state index contributed by atoms with van der Waals surface area (Å²) in [5.41, 5.74) is 0.574. The van der Waals surface area contributed by atoms with Gasteiger partial charge in [0.1, 0.15) is 11.5 Å². The van der Waals surface area contributed by atoms with Crippen LogP contribution in [-0.4, -0.2) is 10.6 Å². The topological polar surface area (TPSA) is 38.5 Å². The number of anilines is 1. The predicted octanol–water partition coefficient (Wildman–Crippen LogP) is 4.09. The summed E-state index contributed by atoms with van der Waals surface area (Å²) in [6, 6.07) is 11.4. The molecule has 0 amide bonds. The minimum atomic E-state index is -0.383. The highest BCUT2D eigenvalue weighted by Crippen LogP contribution is 2.36. The maximum atomic E-state index is 7.28. The van der Waals surface area contributed by atoms with Crippen LogP contribution in [0.5, 0.6) is 11.5 Å². The molecule has 4 nitrogen and oxygen atoms in total. The molecule has 0 saturated heterocycles. The van der Waals surface area contributed by atoms with E-state index in [0.717, 1.165) is 30.7 Å². The fraction of sp³-hybridized carbons (Fsp3) is 0.250. The standard InChI is InChI=1S/C16H15N3O/c1-17-16(9-3-10-16)19-13-5-7-14(8-6-13)20-15-4-2-11-18-12-15/h2,4-8,11-12,19H,3,9-10H2. The quantitative estimate of drug-likeness (QED) is 0.846. The number of nitrogens with zero attached hydrogens (tertiary/aromatic N) is 2. The maximum absolute atomic E-state index is 7.28. The molecule has 0 radical (unpaired) electrons. The Morgan fingerprint density at radius 1 is 1.15 bits per heavy atom. The summed E-state index contributed by atoms with van der Waals surface area (Å²) in [7, 11) is 0. The number of nitrogens with one attached hydrogen (secondary N) is 1. The van der Waals surface area contributed by atoms with Gasteiger partial charge in [-0.15, -0.1) is 0 Å². The Bertz CT molecular complexity index is 612. The summed E-state index contributed by atoms with van der Waals surface area (Å²) in [4.78, 5) is 7.72. The SMILES string of the molecule is [C-]#[N+]C1(Nc2ccc(Oc3cccnc3)cc2)CCC1. The Labute approximate surface area is 118 Å². The Balaban J connectivity index is 1.67. The monoisotopic (exact) mass is 265 g/mol. The third-order valence-electron chi connectivity index (χ3n) is 3.50. The second-order valence-corrected chi connectivity index (χ2v) is 4.94. The van der Waals surface area contributed by atoms with Gasteiger partial charge < -0.3 is 10.1 Å². The zero-order chi connectivity index (χ0) is 13.8. The predicted molar refractivity (Wildman–Crippen MR) is 77.6 cm³/mol. The van der Waals surface area contributed by atoms with Crippen LogP contribution in [0, 0.1) is 6.57 Å². The molecular formula is C16H15N3O. The van der Waals surface area contributed by atoms with Crippen molar-refractivity contribution in [2.24, 2.45) is 0 Å². The van der Waals surface area contributed by atoms with Gasteiger partial charge in [-0.3, -0.25) is 9.83 Å². The van der Waals surface area contributed by atoms with Crippen LogP contribution in [0.3, 0.4) is 0 Å². The van der Waals surface area contributed by atoms with Gasteiger partial charge in [0.15, 0.2) is 0 Å². The van der Waals surface area contributed by atoms with E-state index >= 15 is 0 Å². The second-order valence-electron chi connectivity index (χ2n) is 4.94. The van der Waals surface area contributed by atoms with E-state index in [1.54, 1.807) is 12.4 Å². The first-order chi connectivity index (χ1) is 9.80. The minimum Gasteiger partial charge on any atom is -0.456 e. The van der Waals surface area contributed by atoms with Gasteiger partial charge in [0.05, 0.1) is 6.20 Å². The number of rotatable bonds is 4. The molecule has 1 aliphatic carbocycles. The second kappa shape index (κ2) is 5.22.